The van der Waals surface area contributed by atoms with Crippen molar-refractivity contribution in [1.82, 2.24) is 20.3 Å². The highest BCUT2D eigenvalue weighted by molar-refractivity contribution is 6.05. The van der Waals surface area contributed by atoms with E-state index in [2.05, 4.69) is 20.2 Å². The van der Waals surface area contributed by atoms with Gasteiger partial charge < -0.3 is 16.0 Å². The molecule has 12 heteroatoms. The molecular weight excluding hydrogens is 576 g/mol. The van der Waals surface area contributed by atoms with Crippen molar-refractivity contribution in [2.75, 3.05) is 26.2 Å². The Morgan fingerprint density at radius 1 is 1.18 bits per heavy atom. The second-order valence-corrected chi connectivity index (χ2v) is 12.3. The van der Waals surface area contributed by atoms with Crippen LogP contribution in [-0.2, 0) is 19.3 Å². The lowest BCUT2D eigenvalue weighted by Gasteiger charge is -2.29. The Bertz CT molecular complexity index is 1440. The minimum atomic E-state index is -0.626. The van der Waals surface area contributed by atoms with Gasteiger partial charge in [-0.3, -0.25) is 29.5 Å². The van der Waals surface area contributed by atoms with Crippen LogP contribution in [0.5, 0.6) is 0 Å². The molecule has 0 bridgehead atoms. The average Bonchev–Trinajstić information content (AvgIpc) is 3.44. The smallest absolute Gasteiger partial charge is 0.273 e. The van der Waals surface area contributed by atoms with Gasteiger partial charge in [0.2, 0.25) is 5.91 Å². The molecule has 1 saturated heterocycles. The summed E-state index contributed by atoms with van der Waals surface area (Å²) in [7, 11) is 0. The molecule has 0 spiro atoms. The fraction of sp³-hybridized carbons (Fsp3) is 0.485. The molecule has 12 nitrogen and oxygen atoms in total. The zero-order chi connectivity index (χ0) is 32.7. The largest absolute Gasteiger partial charge is 0.387 e. The van der Waals surface area contributed by atoms with Gasteiger partial charge in [0.05, 0.1) is 12.3 Å². The van der Waals surface area contributed by atoms with Gasteiger partial charge in [-0.25, -0.2) is 14.9 Å². The Kier molecular flexibility index (Phi) is 11.1. The highest BCUT2D eigenvalue weighted by Crippen LogP contribution is 2.32. The number of aliphatic imine (C=N–C) groups is 1. The number of amides is 3. The van der Waals surface area contributed by atoms with E-state index < -0.39 is 12.1 Å². The van der Waals surface area contributed by atoms with E-state index >= 15 is 0 Å². The molecule has 3 heterocycles. The molecule has 0 aliphatic carbocycles. The van der Waals surface area contributed by atoms with Crippen molar-refractivity contribution >= 4 is 35.3 Å². The summed E-state index contributed by atoms with van der Waals surface area (Å²) in [5, 5.41) is 13.4. The van der Waals surface area contributed by atoms with Gasteiger partial charge in [-0.2, -0.15) is 0 Å². The minimum absolute atomic E-state index is 0.124. The van der Waals surface area contributed by atoms with Crippen molar-refractivity contribution in [2.45, 2.75) is 72.4 Å². The Morgan fingerprint density at radius 3 is 2.58 bits per heavy atom. The summed E-state index contributed by atoms with van der Waals surface area (Å²) < 4.78 is 0. The number of nitrogens with two attached hydrogens (primary N) is 1. The topological polar surface area (TPSA) is 160 Å². The Balaban J connectivity index is 1.48. The van der Waals surface area contributed by atoms with E-state index in [4.69, 9.17) is 10.6 Å². The van der Waals surface area contributed by atoms with Crippen molar-refractivity contribution in [3.63, 3.8) is 0 Å². The monoisotopic (exact) mass is 620 g/mol. The van der Waals surface area contributed by atoms with Gasteiger partial charge in [0.1, 0.15) is 23.7 Å². The zero-order valence-corrected chi connectivity index (χ0v) is 26.7. The number of hydrogen-bond acceptors (Lipinski definition) is 9. The number of carbonyl (C=O) groups excluding carboxylic acids is 3. The maximum absolute atomic E-state index is 13.4. The Labute approximate surface area is 264 Å². The molecule has 1 fully saturated rings. The molecular formula is C33H44N6O6. The maximum Gasteiger partial charge on any atom is 0.273 e. The molecule has 1 aromatic carbocycles. The fourth-order valence-electron chi connectivity index (χ4n) is 5.38. The van der Waals surface area contributed by atoms with E-state index in [-0.39, 0.29) is 41.8 Å². The van der Waals surface area contributed by atoms with Gasteiger partial charge in [0.25, 0.3) is 11.8 Å². The number of fused-ring (bicyclic) bond motifs is 1. The van der Waals surface area contributed by atoms with Gasteiger partial charge in [0, 0.05) is 49.0 Å². The normalized spacial score (nSPS) is 17.1. The number of amidine groups is 1. The van der Waals surface area contributed by atoms with E-state index in [1.54, 1.807) is 29.3 Å². The summed E-state index contributed by atoms with van der Waals surface area (Å²) in [6.45, 7) is 10.9. The molecule has 45 heavy (non-hydrogen) atoms. The molecule has 2 aliphatic rings. The highest BCUT2D eigenvalue weighted by atomic mass is 17.1. The molecule has 4 N–H and O–H groups in total. The van der Waals surface area contributed by atoms with Crippen molar-refractivity contribution in [1.29, 1.82) is 0 Å². The van der Waals surface area contributed by atoms with Crippen LogP contribution in [0.1, 0.15) is 76.4 Å². The standard InChI is InChI=1S/C33H44N6O6/c1-6-14-39(44-7-2)31(41)24-16-22-11-10-21(17-26(22)37-29(34)18-24)23-12-13-25(35-19-23)32(42)38-15-8-9-27(38)30(40)36-20-28(45-43)33(3,4)5/h10-13,16-17,19,27-28,43H,6-9,14-15,18,20H2,1-5H3,(H2,34,37)(H,36,40)/t27-,28?/m0/s1. The molecule has 1 aromatic heterocycles. The van der Waals surface area contributed by atoms with E-state index in [1.165, 1.54) is 5.06 Å². The van der Waals surface area contributed by atoms with Crippen LogP contribution >= 0.6 is 0 Å². The first-order chi connectivity index (χ1) is 21.5. The maximum atomic E-state index is 13.4. The average molecular weight is 621 g/mol. The van der Waals surface area contributed by atoms with Crippen LogP contribution in [0.25, 0.3) is 17.2 Å². The Hall–Kier alpha value is -4.13. The van der Waals surface area contributed by atoms with Crippen molar-refractivity contribution in [2.24, 2.45) is 16.1 Å². The molecule has 3 amide bonds. The number of pyridine rings is 1. The lowest BCUT2D eigenvalue weighted by Crippen LogP contribution is -2.49. The number of rotatable bonds is 11. The number of carbonyl (C=O) groups is 3. The van der Waals surface area contributed by atoms with Crippen LogP contribution in [0.3, 0.4) is 0 Å². The molecule has 2 atom stereocenters. The summed E-state index contributed by atoms with van der Waals surface area (Å²) in [6.07, 6.45) is 5.03. The molecule has 0 radical (unpaired) electrons. The number of aromatic nitrogens is 1. The van der Waals surface area contributed by atoms with Crippen LogP contribution < -0.4 is 11.1 Å². The lowest BCUT2D eigenvalue weighted by atomic mass is 9.89. The highest BCUT2D eigenvalue weighted by Gasteiger charge is 2.36. The number of hydroxylamine groups is 2. The quantitative estimate of drug-likeness (QED) is 0.247. The number of hydrogen-bond donors (Lipinski definition) is 3. The van der Waals surface area contributed by atoms with E-state index in [1.807, 2.05) is 52.8 Å². The second-order valence-electron chi connectivity index (χ2n) is 12.3. The summed E-state index contributed by atoms with van der Waals surface area (Å²) in [5.74, 6) is -0.525. The van der Waals surface area contributed by atoms with E-state index in [9.17, 15) is 19.6 Å². The van der Waals surface area contributed by atoms with Crippen molar-refractivity contribution in [3.8, 4) is 11.1 Å². The predicted molar refractivity (Wildman–Crippen MR) is 171 cm³/mol. The van der Waals surface area contributed by atoms with Crippen LogP contribution in [0, 0.1) is 5.41 Å². The lowest BCUT2D eigenvalue weighted by molar-refractivity contribution is -0.297. The molecule has 1 unspecified atom stereocenters. The third kappa shape index (κ3) is 8.13. The van der Waals surface area contributed by atoms with Crippen LogP contribution in [0.2, 0.25) is 0 Å². The van der Waals surface area contributed by atoms with E-state index in [0.29, 0.717) is 49.6 Å². The molecule has 2 aliphatic heterocycles. The predicted octanol–water partition coefficient (Wildman–Crippen LogP) is 4.34. The number of benzene rings is 1. The third-order valence-electron chi connectivity index (χ3n) is 7.90. The first kappa shape index (κ1) is 33.8. The number of nitrogens with zero attached hydrogens (tertiary/aromatic N) is 4. The first-order valence-corrected chi connectivity index (χ1v) is 15.4. The van der Waals surface area contributed by atoms with Crippen molar-refractivity contribution in [3.05, 3.63) is 53.4 Å². The van der Waals surface area contributed by atoms with Crippen molar-refractivity contribution < 1.29 is 29.4 Å². The van der Waals surface area contributed by atoms with Gasteiger partial charge in [0.15, 0.2) is 0 Å². The number of likely N-dealkylation sites (tertiary alicyclic amines) is 1. The van der Waals surface area contributed by atoms with Gasteiger partial charge in [-0.05, 0) is 55.4 Å². The summed E-state index contributed by atoms with van der Waals surface area (Å²) >= 11 is 0. The molecule has 4 rings (SSSR count). The summed E-state index contributed by atoms with van der Waals surface area (Å²) in [4.78, 5) is 60.2. The fourth-order valence-corrected chi connectivity index (χ4v) is 5.38. The first-order valence-electron chi connectivity index (χ1n) is 15.4. The minimum Gasteiger partial charge on any atom is -0.387 e. The second kappa shape index (κ2) is 14.8. The van der Waals surface area contributed by atoms with Crippen LogP contribution in [0.4, 0.5) is 5.69 Å². The van der Waals surface area contributed by atoms with Crippen LogP contribution in [-0.4, -0.2) is 82.1 Å². The third-order valence-corrected chi connectivity index (χ3v) is 7.90. The summed E-state index contributed by atoms with van der Waals surface area (Å²) in [6, 6.07) is 8.48. The number of nitrogens with one attached hydrogen (secondary N) is 1. The summed E-state index contributed by atoms with van der Waals surface area (Å²) in [5.41, 5.74) is 9.54. The van der Waals surface area contributed by atoms with Gasteiger partial charge in [-0.1, -0.05) is 45.9 Å². The van der Waals surface area contributed by atoms with Gasteiger partial charge in [-0.15, -0.1) is 0 Å². The Morgan fingerprint density at radius 2 is 1.93 bits per heavy atom. The van der Waals surface area contributed by atoms with Crippen LogP contribution in [0.15, 0.2) is 47.1 Å². The SMILES string of the molecule is CCCN(OCC)C(=O)C1=Cc2ccc(-c3ccc(C(=O)N4CCC[C@H]4C(=O)NCC(OO)C(C)(C)C)nc3)cc2N=C(N)C1. The zero-order valence-electron chi connectivity index (χ0n) is 26.7. The molecule has 2 aromatic rings. The van der Waals surface area contributed by atoms with Gasteiger partial charge >= 0.3 is 0 Å². The van der Waals surface area contributed by atoms with E-state index in [0.717, 1.165) is 23.1 Å². The molecule has 0 saturated carbocycles. The molecule has 242 valence electrons.